The summed E-state index contributed by atoms with van der Waals surface area (Å²) < 4.78 is 0. The standard InChI is InChI=1S/C14H29N3O.ClH/c1-4-6-13(15)14(18)16-9-12-7-5-8-17(10-12)11(2)3;/h11-13H,4-10,15H2,1-3H3,(H,16,18);1H. The Morgan fingerprint density at radius 2 is 2.16 bits per heavy atom. The van der Waals surface area contributed by atoms with E-state index in [1.807, 2.05) is 0 Å². The number of carbonyl (C=O) groups is 1. The van der Waals surface area contributed by atoms with E-state index in [1.54, 1.807) is 0 Å². The third-order valence-electron chi connectivity index (χ3n) is 3.78. The van der Waals surface area contributed by atoms with Gasteiger partial charge in [-0.3, -0.25) is 4.79 Å². The Labute approximate surface area is 123 Å². The number of nitrogens with zero attached hydrogens (tertiary/aromatic N) is 1. The van der Waals surface area contributed by atoms with Gasteiger partial charge in [0.05, 0.1) is 6.04 Å². The Hall–Kier alpha value is -0.320. The van der Waals surface area contributed by atoms with E-state index in [-0.39, 0.29) is 24.4 Å². The molecule has 0 aliphatic carbocycles. The van der Waals surface area contributed by atoms with Crippen molar-refractivity contribution in [1.82, 2.24) is 10.2 Å². The van der Waals surface area contributed by atoms with Crippen molar-refractivity contribution in [2.45, 2.75) is 58.5 Å². The number of amides is 1. The lowest BCUT2D eigenvalue weighted by atomic mass is 9.97. The molecule has 1 rings (SSSR count). The Bertz CT molecular complexity index is 261. The van der Waals surface area contributed by atoms with Crippen LogP contribution >= 0.6 is 12.4 Å². The second-order valence-electron chi connectivity index (χ2n) is 5.74. The number of piperidine rings is 1. The molecule has 1 aliphatic rings. The second kappa shape index (κ2) is 9.56. The molecule has 0 bridgehead atoms. The van der Waals surface area contributed by atoms with Crippen LogP contribution in [0.5, 0.6) is 0 Å². The summed E-state index contributed by atoms with van der Waals surface area (Å²) in [5.41, 5.74) is 5.80. The molecule has 5 heteroatoms. The number of halogens is 1. The molecule has 0 aromatic heterocycles. The molecule has 2 atom stereocenters. The van der Waals surface area contributed by atoms with Crippen LogP contribution in [-0.2, 0) is 4.79 Å². The van der Waals surface area contributed by atoms with Crippen LogP contribution in [0.15, 0.2) is 0 Å². The van der Waals surface area contributed by atoms with Crippen LogP contribution in [0.1, 0.15) is 46.5 Å². The summed E-state index contributed by atoms with van der Waals surface area (Å²) in [6, 6.07) is 0.269. The first-order chi connectivity index (χ1) is 8.54. The fourth-order valence-electron chi connectivity index (χ4n) is 2.55. The average Bonchev–Trinajstić information content (AvgIpc) is 2.36. The first-order valence-electron chi connectivity index (χ1n) is 7.32. The van der Waals surface area contributed by atoms with E-state index >= 15 is 0 Å². The Morgan fingerprint density at radius 1 is 1.47 bits per heavy atom. The van der Waals surface area contributed by atoms with Gasteiger partial charge < -0.3 is 16.0 Å². The van der Waals surface area contributed by atoms with Gasteiger partial charge in [0.25, 0.3) is 0 Å². The highest BCUT2D eigenvalue weighted by Crippen LogP contribution is 2.17. The van der Waals surface area contributed by atoms with E-state index in [2.05, 4.69) is 31.0 Å². The minimum Gasteiger partial charge on any atom is -0.354 e. The van der Waals surface area contributed by atoms with E-state index in [1.165, 1.54) is 19.4 Å². The molecular formula is C14H30ClN3O. The van der Waals surface area contributed by atoms with Gasteiger partial charge in [-0.2, -0.15) is 0 Å². The summed E-state index contributed by atoms with van der Waals surface area (Å²) in [4.78, 5) is 14.2. The molecule has 1 saturated heterocycles. The number of carbonyl (C=O) groups excluding carboxylic acids is 1. The van der Waals surface area contributed by atoms with Gasteiger partial charge in [-0.25, -0.2) is 0 Å². The maximum atomic E-state index is 11.7. The summed E-state index contributed by atoms with van der Waals surface area (Å²) in [6.07, 6.45) is 4.18. The molecule has 0 aromatic carbocycles. The van der Waals surface area contributed by atoms with Crippen molar-refractivity contribution in [3.63, 3.8) is 0 Å². The highest BCUT2D eigenvalue weighted by Gasteiger charge is 2.22. The molecule has 2 unspecified atom stereocenters. The van der Waals surface area contributed by atoms with E-state index in [9.17, 15) is 4.79 Å². The van der Waals surface area contributed by atoms with Gasteiger partial charge >= 0.3 is 0 Å². The van der Waals surface area contributed by atoms with Gasteiger partial charge in [-0.1, -0.05) is 13.3 Å². The first kappa shape index (κ1) is 18.7. The molecule has 0 aromatic rings. The maximum Gasteiger partial charge on any atom is 0.236 e. The van der Waals surface area contributed by atoms with Crippen LogP contribution in [-0.4, -0.2) is 42.5 Å². The summed E-state index contributed by atoms with van der Waals surface area (Å²) in [7, 11) is 0. The zero-order chi connectivity index (χ0) is 13.5. The third kappa shape index (κ3) is 6.59. The fraction of sp³-hybridized carbons (Fsp3) is 0.929. The zero-order valence-corrected chi connectivity index (χ0v) is 13.3. The van der Waals surface area contributed by atoms with E-state index in [0.717, 1.165) is 25.9 Å². The largest absolute Gasteiger partial charge is 0.354 e. The molecular weight excluding hydrogens is 262 g/mol. The van der Waals surface area contributed by atoms with Crippen LogP contribution in [0.25, 0.3) is 0 Å². The number of nitrogens with two attached hydrogens (primary N) is 1. The fourth-order valence-corrected chi connectivity index (χ4v) is 2.55. The molecule has 4 nitrogen and oxygen atoms in total. The molecule has 1 aliphatic heterocycles. The quantitative estimate of drug-likeness (QED) is 0.784. The van der Waals surface area contributed by atoms with Gasteiger partial charge in [0.2, 0.25) is 5.91 Å². The topological polar surface area (TPSA) is 58.4 Å². The Balaban J connectivity index is 0.00000324. The number of nitrogens with one attached hydrogen (secondary N) is 1. The van der Waals surface area contributed by atoms with Gasteiger partial charge in [0.15, 0.2) is 0 Å². The first-order valence-corrected chi connectivity index (χ1v) is 7.32. The average molecular weight is 292 g/mol. The highest BCUT2D eigenvalue weighted by molar-refractivity contribution is 5.85. The summed E-state index contributed by atoms with van der Waals surface area (Å²) in [6.45, 7) is 9.59. The van der Waals surface area contributed by atoms with Crippen molar-refractivity contribution < 1.29 is 4.79 Å². The van der Waals surface area contributed by atoms with Crippen molar-refractivity contribution in [2.75, 3.05) is 19.6 Å². The van der Waals surface area contributed by atoms with Crippen LogP contribution < -0.4 is 11.1 Å². The lowest BCUT2D eigenvalue weighted by molar-refractivity contribution is -0.122. The van der Waals surface area contributed by atoms with Crippen LogP contribution in [0.2, 0.25) is 0 Å². The van der Waals surface area contributed by atoms with Crippen molar-refractivity contribution in [3.8, 4) is 0 Å². The van der Waals surface area contributed by atoms with Gasteiger partial charge in [0.1, 0.15) is 0 Å². The van der Waals surface area contributed by atoms with Gasteiger partial charge in [-0.15, -0.1) is 12.4 Å². The molecule has 1 amide bonds. The second-order valence-corrected chi connectivity index (χ2v) is 5.74. The minimum atomic E-state index is -0.334. The predicted molar refractivity (Wildman–Crippen MR) is 82.6 cm³/mol. The van der Waals surface area contributed by atoms with Crippen molar-refractivity contribution in [1.29, 1.82) is 0 Å². The van der Waals surface area contributed by atoms with Crippen LogP contribution in [0.4, 0.5) is 0 Å². The molecule has 0 spiro atoms. The molecule has 1 heterocycles. The summed E-state index contributed by atoms with van der Waals surface area (Å²) >= 11 is 0. The number of likely N-dealkylation sites (tertiary alicyclic amines) is 1. The van der Waals surface area contributed by atoms with Crippen LogP contribution in [0.3, 0.4) is 0 Å². The van der Waals surface area contributed by atoms with E-state index in [0.29, 0.717) is 12.0 Å². The third-order valence-corrected chi connectivity index (χ3v) is 3.78. The lowest BCUT2D eigenvalue weighted by Crippen LogP contribution is -2.46. The SMILES string of the molecule is CCCC(N)C(=O)NCC1CCCN(C(C)C)C1.Cl. The number of rotatable bonds is 6. The van der Waals surface area contributed by atoms with Gasteiger partial charge in [0, 0.05) is 19.1 Å². The normalized spacial score (nSPS) is 21.8. The predicted octanol–water partition coefficient (Wildman–Crippen LogP) is 1.77. The minimum absolute atomic E-state index is 0. The summed E-state index contributed by atoms with van der Waals surface area (Å²) in [5.74, 6) is 0.595. The summed E-state index contributed by atoms with van der Waals surface area (Å²) in [5, 5.41) is 3.01. The van der Waals surface area contributed by atoms with Crippen molar-refractivity contribution in [3.05, 3.63) is 0 Å². The zero-order valence-electron chi connectivity index (χ0n) is 12.5. The van der Waals surface area contributed by atoms with Crippen LogP contribution in [0, 0.1) is 5.92 Å². The highest BCUT2D eigenvalue weighted by atomic mass is 35.5. The lowest BCUT2D eigenvalue weighted by Gasteiger charge is -2.35. The molecule has 19 heavy (non-hydrogen) atoms. The van der Waals surface area contributed by atoms with Crippen molar-refractivity contribution in [2.24, 2.45) is 11.7 Å². The van der Waals surface area contributed by atoms with Gasteiger partial charge in [-0.05, 0) is 45.6 Å². The maximum absolute atomic E-state index is 11.7. The molecule has 0 saturated carbocycles. The molecule has 0 radical (unpaired) electrons. The Morgan fingerprint density at radius 3 is 2.74 bits per heavy atom. The smallest absolute Gasteiger partial charge is 0.236 e. The van der Waals surface area contributed by atoms with Crippen molar-refractivity contribution >= 4 is 18.3 Å². The molecule has 1 fully saturated rings. The van der Waals surface area contributed by atoms with E-state index < -0.39 is 0 Å². The van der Waals surface area contributed by atoms with E-state index in [4.69, 9.17) is 5.73 Å². The monoisotopic (exact) mass is 291 g/mol. The molecule has 3 N–H and O–H groups in total. The Kier molecular flexibility index (Phi) is 9.40. The number of hydrogen-bond donors (Lipinski definition) is 2. The molecule has 114 valence electrons. The number of hydrogen-bond acceptors (Lipinski definition) is 3.